The van der Waals surface area contributed by atoms with Crippen molar-refractivity contribution in [3.63, 3.8) is 0 Å². The molecular formula is C9H11NO2. The van der Waals surface area contributed by atoms with Crippen LogP contribution in [0, 0.1) is 4.91 Å². The van der Waals surface area contributed by atoms with Gasteiger partial charge in [-0.15, -0.1) is 4.91 Å². The van der Waals surface area contributed by atoms with Gasteiger partial charge in [0.1, 0.15) is 11.4 Å². The van der Waals surface area contributed by atoms with Crippen LogP contribution in [0.5, 0.6) is 5.75 Å². The van der Waals surface area contributed by atoms with Crippen molar-refractivity contribution in [3.05, 3.63) is 28.7 Å². The minimum Gasteiger partial charge on any atom is -0.506 e. The molecule has 3 nitrogen and oxygen atoms in total. The third kappa shape index (κ3) is 1.61. The molecule has 0 aromatic heterocycles. The summed E-state index contributed by atoms with van der Waals surface area (Å²) >= 11 is 0. The van der Waals surface area contributed by atoms with Crippen LogP contribution in [-0.4, -0.2) is 5.11 Å². The van der Waals surface area contributed by atoms with Gasteiger partial charge in [0.25, 0.3) is 0 Å². The highest BCUT2D eigenvalue weighted by Gasteiger charge is 2.04. The first-order valence-corrected chi connectivity index (χ1v) is 3.81. The second kappa shape index (κ2) is 3.34. The lowest BCUT2D eigenvalue weighted by Crippen LogP contribution is -1.85. The number of aromatic hydroxyl groups is 1. The van der Waals surface area contributed by atoms with Crippen LogP contribution in [0.2, 0.25) is 0 Å². The molecule has 0 bridgehead atoms. The Bertz CT molecular complexity index is 295. The third-order valence-corrected chi connectivity index (χ3v) is 1.76. The third-order valence-electron chi connectivity index (χ3n) is 1.76. The number of nitroso groups, excluding NO2 is 1. The van der Waals surface area contributed by atoms with E-state index in [4.69, 9.17) is 5.11 Å². The Labute approximate surface area is 71.0 Å². The summed E-state index contributed by atoms with van der Waals surface area (Å²) in [5.74, 6) is 0.278. The molecule has 1 aromatic rings. The van der Waals surface area contributed by atoms with Crippen LogP contribution >= 0.6 is 0 Å². The van der Waals surface area contributed by atoms with Crippen LogP contribution in [0.25, 0.3) is 0 Å². The maximum atomic E-state index is 10.2. The standard InChI is InChI=1S/C9H11NO2/c1-6(2)7-3-4-9(11)8(5-7)10-12/h3-6,11H,1-2H3. The predicted octanol–water partition coefficient (Wildman–Crippen LogP) is 2.91. The van der Waals surface area contributed by atoms with Crippen LogP contribution in [0.15, 0.2) is 23.4 Å². The number of phenolic OH excluding ortho intramolecular Hbond substituents is 1. The average molecular weight is 165 g/mol. The average Bonchev–Trinajstić information content (AvgIpc) is 2.05. The lowest BCUT2D eigenvalue weighted by molar-refractivity contribution is 0.476. The fraction of sp³-hybridized carbons (Fsp3) is 0.333. The molecule has 1 aromatic carbocycles. The Kier molecular flexibility index (Phi) is 2.43. The van der Waals surface area contributed by atoms with Crippen molar-refractivity contribution in [1.82, 2.24) is 0 Å². The van der Waals surface area contributed by atoms with Gasteiger partial charge in [0, 0.05) is 0 Å². The molecule has 0 fully saturated rings. The van der Waals surface area contributed by atoms with Gasteiger partial charge in [-0.2, -0.15) is 0 Å². The lowest BCUT2D eigenvalue weighted by Gasteiger charge is -2.05. The van der Waals surface area contributed by atoms with Crippen LogP contribution in [0.3, 0.4) is 0 Å². The van der Waals surface area contributed by atoms with E-state index in [0.29, 0.717) is 5.92 Å². The van der Waals surface area contributed by atoms with Crippen molar-refractivity contribution in [3.8, 4) is 5.75 Å². The van der Waals surface area contributed by atoms with Gasteiger partial charge in [0.2, 0.25) is 0 Å². The summed E-state index contributed by atoms with van der Waals surface area (Å²) in [6.07, 6.45) is 0. The van der Waals surface area contributed by atoms with Gasteiger partial charge < -0.3 is 5.11 Å². The Balaban J connectivity index is 3.13. The molecule has 1 N–H and O–H groups in total. The molecule has 0 spiro atoms. The zero-order valence-electron chi connectivity index (χ0n) is 7.11. The minimum absolute atomic E-state index is 0.0607. The summed E-state index contributed by atoms with van der Waals surface area (Å²) in [4.78, 5) is 10.2. The number of hydrogen-bond acceptors (Lipinski definition) is 3. The number of benzene rings is 1. The number of phenols is 1. The van der Waals surface area contributed by atoms with Crippen molar-refractivity contribution in [2.24, 2.45) is 5.18 Å². The molecule has 0 heterocycles. The second-order valence-electron chi connectivity index (χ2n) is 2.99. The quantitative estimate of drug-likeness (QED) is 0.685. The Hall–Kier alpha value is -1.38. The van der Waals surface area contributed by atoms with E-state index in [2.05, 4.69) is 5.18 Å². The van der Waals surface area contributed by atoms with E-state index >= 15 is 0 Å². The summed E-state index contributed by atoms with van der Waals surface area (Å²) in [7, 11) is 0. The van der Waals surface area contributed by atoms with E-state index in [1.54, 1.807) is 12.1 Å². The molecule has 3 heteroatoms. The molecule has 0 unspecified atom stereocenters. The van der Waals surface area contributed by atoms with Gasteiger partial charge in [-0.05, 0) is 28.8 Å². The van der Waals surface area contributed by atoms with Gasteiger partial charge in [-0.3, -0.25) is 0 Å². The smallest absolute Gasteiger partial charge is 0.149 e. The first-order valence-electron chi connectivity index (χ1n) is 3.81. The first-order chi connectivity index (χ1) is 5.65. The van der Waals surface area contributed by atoms with Gasteiger partial charge in [-0.25, -0.2) is 0 Å². The van der Waals surface area contributed by atoms with Crippen LogP contribution in [0.4, 0.5) is 5.69 Å². The van der Waals surface area contributed by atoms with E-state index in [1.807, 2.05) is 13.8 Å². The Morgan fingerprint density at radius 3 is 2.58 bits per heavy atom. The first kappa shape index (κ1) is 8.71. The van der Waals surface area contributed by atoms with Crippen molar-refractivity contribution < 1.29 is 5.11 Å². The molecule has 64 valence electrons. The van der Waals surface area contributed by atoms with Crippen LogP contribution in [-0.2, 0) is 0 Å². The van der Waals surface area contributed by atoms with Crippen molar-refractivity contribution in [1.29, 1.82) is 0 Å². The zero-order valence-corrected chi connectivity index (χ0v) is 7.11. The van der Waals surface area contributed by atoms with Crippen molar-refractivity contribution in [2.75, 3.05) is 0 Å². The SMILES string of the molecule is CC(C)c1ccc(O)c(N=O)c1. The monoisotopic (exact) mass is 165 g/mol. The van der Waals surface area contributed by atoms with Gasteiger partial charge in [0.05, 0.1) is 0 Å². The largest absolute Gasteiger partial charge is 0.506 e. The van der Waals surface area contributed by atoms with Crippen molar-refractivity contribution >= 4 is 5.69 Å². The number of rotatable bonds is 2. The molecule has 0 amide bonds. The van der Waals surface area contributed by atoms with E-state index in [-0.39, 0.29) is 11.4 Å². The fourth-order valence-corrected chi connectivity index (χ4v) is 0.973. The van der Waals surface area contributed by atoms with E-state index < -0.39 is 0 Å². The molecule has 0 aliphatic carbocycles. The van der Waals surface area contributed by atoms with E-state index in [1.165, 1.54) is 6.07 Å². The van der Waals surface area contributed by atoms with Crippen LogP contribution < -0.4 is 0 Å². The fourth-order valence-electron chi connectivity index (χ4n) is 0.973. The number of hydrogen-bond donors (Lipinski definition) is 1. The Morgan fingerprint density at radius 2 is 2.08 bits per heavy atom. The summed E-state index contributed by atoms with van der Waals surface area (Å²) < 4.78 is 0. The highest BCUT2D eigenvalue weighted by molar-refractivity contribution is 5.52. The molecule has 12 heavy (non-hydrogen) atoms. The summed E-state index contributed by atoms with van der Waals surface area (Å²) in [6.45, 7) is 4.03. The molecular weight excluding hydrogens is 154 g/mol. The minimum atomic E-state index is -0.0607. The molecule has 0 aliphatic heterocycles. The maximum absolute atomic E-state index is 10.2. The molecule has 1 rings (SSSR count). The second-order valence-corrected chi connectivity index (χ2v) is 2.99. The molecule has 0 saturated heterocycles. The topological polar surface area (TPSA) is 49.7 Å². The lowest BCUT2D eigenvalue weighted by atomic mass is 10.0. The Morgan fingerprint density at radius 1 is 1.42 bits per heavy atom. The zero-order chi connectivity index (χ0) is 9.14. The molecule has 0 aliphatic rings. The molecule has 0 atom stereocenters. The van der Waals surface area contributed by atoms with Crippen LogP contribution in [0.1, 0.15) is 25.3 Å². The maximum Gasteiger partial charge on any atom is 0.149 e. The highest BCUT2D eigenvalue weighted by Crippen LogP contribution is 2.29. The number of nitrogens with zero attached hydrogens (tertiary/aromatic N) is 1. The normalized spacial score (nSPS) is 10.2. The van der Waals surface area contributed by atoms with E-state index in [0.717, 1.165) is 5.56 Å². The molecule has 0 radical (unpaired) electrons. The van der Waals surface area contributed by atoms with Crippen molar-refractivity contribution in [2.45, 2.75) is 19.8 Å². The predicted molar refractivity (Wildman–Crippen MR) is 47.7 cm³/mol. The van der Waals surface area contributed by atoms with Gasteiger partial charge in [-0.1, -0.05) is 19.9 Å². The summed E-state index contributed by atoms with van der Waals surface area (Å²) in [6, 6.07) is 4.88. The highest BCUT2D eigenvalue weighted by atomic mass is 16.3. The summed E-state index contributed by atoms with van der Waals surface area (Å²) in [5, 5.41) is 11.8. The van der Waals surface area contributed by atoms with E-state index in [9.17, 15) is 4.91 Å². The van der Waals surface area contributed by atoms with Gasteiger partial charge >= 0.3 is 0 Å². The van der Waals surface area contributed by atoms with Gasteiger partial charge in [0.15, 0.2) is 0 Å². The summed E-state index contributed by atoms with van der Waals surface area (Å²) in [5.41, 5.74) is 1.11. The molecule has 0 saturated carbocycles.